The maximum Gasteiger partial charge on any atom is 0.234 e. The number of hydrogen-bond acceptors (Lipinski definition) is 3. The van der Waals surface area contributed by atoms with Crippen LogP contribution in [0.5, 0.6) is 0 Å². The van der Waals surface area contributed by atoms with Crippen LogP contribution in [0, 0.1) is 5.82 Å². The van der Waals surface area contributed by atoms with Crippen molar-refractivity contribution in [3.05, 3.63) is 102 Å². The fraction of sp³-hybridized carbons (Fsp3) is 0.185. The van der Waals surface area contributed by atoms with Crippen molar-refractivity contribution >= 4 is 5.91 Å². The van der Waals surface area contributed by atoms with Crippen LogP contribution in [0.25, 0.3) is 22.3 Å². The van der Waals surface area contributed by atoms with Crippen LogP contribution in [0.1, 0.15) is 30.0 Å². The molecule has 0 spiro atoms. The van der Waals surface area contributed by atoms with E-state index in [0.717, 1.165) is 47.2 Å². The Morgan fingerprint density at radius 3 is 2.42 bits per heavy atom. The van der Waals surface area contributed by atoms with Gasteiger partial charge in [-0.05, 0) is 53.8 Å². The lowest BCUT2D eigenvalue weighted by Gasteiger charge is -2.31. The standard InChI is InChI=1S/C27H25FN4O/c28-24-13-12-21(26(22-16-30-31-17-22)32-14-4-7-25(32)27(29)33)15-23(24)20-10-8-19(9-11-20)18-5-2-1-3-6-18/h1-3,5-6,8-13,15-17,25-26H,4,7,14H2,(H2,29,33)(H,30,31). The summed E-state index contributed by atoms with van der Waals surface area (Å²) in [6.07, 6.45) is 5.17. The van der Waals surface area contributed by atoms with Gasteiger partial charge in [-0.25, -0.2) is 4.39 Å². The van der Waals surface area contributed by atoms with E-state index in [1.807, 2.05) is 54.7 Å². The fourth-order valence-corrected chi connectivity index (χ4v) is 4.80. The van der Waals surface area contributed by atoms with Gasteiger partial charge in [-0.1, -0.05) is 60.7 Å². The molecular weight excluding hydrogens is 415 g/mol. The third-order valence-electron chi connectivity index (χ3n) is 6.40. The molecule has 5 nitrogen and oxygen atoms in total. The molecule has 1 amide bonds. The molecule has 0 bridgehead atoms. The predicted molar refractivity (Wildman–Crippen MR) is 127 cm³/mol. The normalized spacial score (nSPS) is 17.2. The quantitative estimate of drug-likeness (QED) is 0.447. The number of likely N-dealkylation sites (tertiary alicyclic amines) is 1. The zero-order valence-corrected chi connectivity index (χ0v) is 18.1. The Hall–Kier alpha value is -3.77. The minimum Gasteiger partial charge on any atom is -0.368 e. The molecule has 2 unspecified atom stereocenters. The number of nitrogens with one attached hydrogen (secondary N) is 1. The highest BCUT2D eigenvalue weighted by molar-refractivity contribution is 5.80. The Kier molecular flexibility index (Phi) is 5.75. The van der Waals surface area contributed by atoms with E-state index in [2.05, 4.69) is 27.2 Å². The Morgan fingerprint density at radius 2 is 1.73 bits per heavy atom. The van der Waals surface area contributed by atoms with Gasteiger partial charge in [0.2, 0.25) is 5.91 Å². The second kappa shape index (κ2) is 9.00. The number of nitrogens with two attached hydrogens (primary N) is 1. The molecule has 2 atom stereocenters. The van der Waals surface area contributed by atoms with Gasteiger partial charge in [0.15, 0.2) is 0 Å². The van der Waals surface area contributed by atoms with E-state index < -0.39 is 0 Å². The van der Waals surface area contributed by atoms with Gasteiger partial charge in [0, 0.05) is 17.3 Å². The highest BCUT2D eigenvalue weighted by Crippen LogP contribution is 2.37. The molecule has 6 heteroatoms. The fourth-order valence-electron chi connectivity index (χ4n) is 4.80. The van der Waals surface area contributed by atoms with Gasteiger partial charge in [0.05, 0.1) is 18.3 Å². The van der Waals surface area contributed by atoms with Crippen LogP contribution >= 0.6 is 0 Å². The monoisotopic (exact) mass is 440 g/mol. The number of benzene rings is 3. The molecule has 0 radical (unpaired) electrons. The largest absolute Gasteiger partial charge is 0.368 e. The number of H-pyrrole nitrogens is 1. The molecular formula is C27H25FN4O. The van der Waals surface area contributed by atoms with Crippen LogP contribution in [0.3, 0.4) is 0 Å². The first-order valence-corrected chi connectivity index (χ1v) is 11.1. The molecule has 166 valence electrons. The zero-order valence-electron chi connectivity index (χ0n) is 18.1. The topological polar surface area (TPSA) is 75.0 Å². The summed E-state index contributed by atoms with van der Waals surface area (Å²) in [6, 6.07) is 22.5. The number of carbonyl (C=O) groups excluding carboxylic acids is 1. The summed E-state index contributed by atoms with van der Waals surface area (Å²) in [6.45, 7) is 0.738. The summed E-state index contributed by atoms with van der Waals surface area (Å²) in [5.41, 5.74) is 11.0. The van der Waals surface area contributed by atoms with Gasteiger partial charge < -0.3 is 5.73 Å². The average molecular weight is 441 g/mol. The Morgan fingerprint density at radius 1 is 1.00 bits per heavy atom. The van der Waals surface area contributed by atoms with Crippen LogP contribution in [0.15, 0.2) is 85.2 Å². The molecule has 1 aromatic heterocycles. The summed E-state index contributed by atoms with van der Waals surface area (Å²) in [7, 11) is 0. The molecule has 33 heavy (non-hydrogen) atoms. The molecule has 0 saturated carbocycles. The summed E-state index contributed by atoms with van der Waals surface area (Å²) < 4.78 is 15.0. The van der Waals surface area contributed by atoms with Gasteiger partial charge in [0.1, 0.15) is 5.82 Å². The van der Waals surface area contributed by atoms with Gasteiger partial charge >= 0.3 is 0 Å². The molecule has 3 N–H and O–H groups in total. The number of primary amides is 1. The van der Waals surface area contributed by atoms with E-state index in [-0.39, 0.29) is 23.8 Å². The average Bonchev–Trinajstić information content (AvgIpc) is 3.54. The van der Waals surface area contributed by atoms with E-state index in [0.29, 0.717) is 5.56 Å². The van der Waals surface area contributed by atoms with Crippen LogP contribution in [-0.2, 0) is 4.79 Å². The van der Waals surface area contributed by atoms with Crippen molar-refractivity contribution in [3.63, 3.8) is 0 Å². The van der Waals surface area contributed by atoms with Crippen molar-refractivity contribution in [2.24, 2.45) is 5.73 Å². The van der Waals surface area contributed by atoms with Gasteiger partial charge in [-0.15, -0.1) is 0 Å². The second-order valence-corrected chi connectivity index (χ2v) is 8.42. The van der Waals surface area contributed by atoms with Gasteiger partial charge in [-0.3, -0.25) is 14.8 Å². The molecule has 1 fully saturated rings. The van der Waals surface area contributed by atoms with Crippen LogP contribution in [0.2, 0.25) is 0 Å². The van der Waals surface area contributed by atoms with Crippen molar-refractivity contribution in [1.29, 1.82) is 0 Å². The van der Waals surface area contributed by atoms with Gasteiger partial charge in [-0.2, -0.15) is 5.10 Å². The highest BCUT2D eigenvalue weighted by Gasteiger charge is 2.36. The van der Waals surface area contributed by atoms with E-state index >= 15 is 0 Å². The maximum absolute atomic E-state index is 15.0. The van der Waals surface area contributed by atoms with Crippen molar-refractivity contribution in [2.45, 2.75) is 24.9 Å². The number of hydrogen-bond donors (Lipinski definition) is 2. The SMILES string of the molecule is NC(=O)C1CCCN1C(c1cn[nH]c1)c1ccc(F)c(-c2ccc(-c3ccccc3)cc2)c1. The van der Waals surface area contributed by atoms with Crippen molar-refractivity contribution in [3.8, 4) is 22.3 Å². The maximum atomic E-state index is 15.0. The lowest BCUT2D eigenvalue weighted by Crippen LogP contribution is -2.42. The molecule has 1 saturated heterocycles. The summed E-state index contributed by atoms with van der Waals surface area (Å²) in [5, 5.41) is 6.96. The molecule has 4 aromatic rings. The van der Waals surface area contributed by atoms with Crippen LogP contribution in [0.4, 0.5) is 4.39 Å². The number of aromatic nitrogens is 2. The van der Waals surface area contributed by atoms with E-state index in [4.69, 9.17) is 5.73 Å². The van der Waals surface area contributed by atoms with E-state index in [1.54, 1.807) is 12.3 Å². The molecule has 1 aliphatic heterocycles. The Bertz CT molecular complexity index is 1240. The number of nitrogens with zero attached hydrogens (tertiary/aromatic N) is 2. The summed E-state index contributed by atoms with van der Waals surface area (Å²) in [5.74, 6) is -0.621. The van der Waals surface area contributed by atoms with E-state index in [9.17, 15) is 9.18 Å². The minimum absolute atomic E-state index is 0.244. The number of aromatic amines is 1. The van der Waals surface area contributed by atoms with Crippen molar-refractivity contribution < 1.29 is 9.18 Å². The predicted octanol–water partition coefficient (Wildman–Crippen LogP) is 4.92. The first-order valence-electron chi connectivity index (χ1n) is 11.1. The summed E-state index contributed by atoms with van der Waals surface area (Å²) >= 11 is 0. The van der Waals surface area contributed by atoms with Crippen LogP contribution in [-0.4, -0.2) is 33.6 Å². The van der Waals surface area contributed by atoms with Crippen LogP contribution < -0.4 is 5.73 Å². The lowest BCUT2D eigenvalue weighted by atomic mass is 9.93. The minimum atomic E-state index is -0.358. The Labute approximate surface area is 192 Å². The number of amides is 1. The van der Waals surface area contributed by atoms with E-state index in [1.165, 1.54) is 6.07 Å². The van der Waals surface area contributed by atoms with Crippen molar-refractivity contribution in [2.75, 3.05) is 6.54 Å². The van der Waals surface area contributed by atoms with Crippen molar-refractivity contribution in [1.82, 2.24) is 15.1 Å². The number of rotatable bonds is 6. The smallest absolute Gasteiger partial charge is 0.234 e. The number of halogens is 1. The first kappa shape index (κ1) is 21.1. The highest BCUT2D eigenvalue weighted by atomic mass is 19.1. The zero-order chi connectivity index (χ0) is 22.8. The lowest BCUT2D eigenvalue weighted by molar-refractivity contribution is -0.122. The third-order valence-corrected chi connectivity index (χ3v) is 6.40. The molecule has 2 heterocycles. The summed E-state index contributed by atoms with van der Waals surface area (Å²) in [4.78, 5) is 14.2. The molecule has 3 aromatic carbocycles. The molecule has 5 rings (SSSR count). The third kappa shape index (κ3) is 4.17. The number of carbonyl (C=O) groups is 1. The van der Waals surface area contributed by atoms with Gasteiger partial charge in [0.25, 0.3) is 0 Å². The molecule has 0 aliphatic carbocycles. The Balaban J connectivity index is 1.53. The molecule has 1 aliphatic rings. The second-order valence-electron chi connectivity index (χ2n) is 8.42. The first-order chi connectivity index (χ1) is 16.1.